The molecule has 2 nitrogen and oxygen atoms in total. The fourth-order valence-electron chi connectivity index (χ4n) is 1.11. The van der Waals surface area contributed by atoms with Gasteiger partial charge in [-0.2, -0.15) is 0 Å². The molecule has 1 N–H and O–H groups in total. The average molecular weight is 196 g/mol. The maximum atomic E-state index is 10.1. The second-order valence-corrected chi connectivity index (χ2v) is 3.29. The second-order valence-electron chi connectivity index (χ2n) is 3.29. The molecule has 0 aromatic rings. The molecule has 0 bridgehead atoms. The number of hydrogen-bond donors (Lipinski definition) is 1. The molecule has 0 aliphatic rings. The minimum atomic E-state index is -0.854. The Labute approximate surface area is 86.3 Å². The first-order chi connectivity index (χ1) is 6.77. The minimum absolute atomic E-state index is 0.854. The summed E-state index contributed by atoms with van der Waals surface area (Å²) >= 11 is 0. The zero-order chi connectivity index (χ0) is 10.6. The van der Waals surface area contributed by atoms with Crippen molar-refractivity contribution in [2.24, 2.45) is 0 Å². The topological polar surface area (TPSA) is 37.3 Å². The van der Waals surface area contributed by atoms with E-state index in [1.54, 1.807) is 6.08 Å². The van der Waals surface area contributed by atoms with Gasteiger partial charge in [0.05, 0.1) is 0 Å². The lowest BCUT2D eigenvalue weighted by atomic mass is 10.1. The number of unbranched alkanes of at least 4 members (excludes halogenated alkanes) is 4. The standard InChI is InChI=1S/C12H20O2/c1-2-3-4-5-6-7-8-9-10-11-12(13)14/h4-5,10-11H,2-3,6-9H2,1H3,(H,13,14). The predicted molar refractivity (Wildman–Crippen MR) is 59.3 cm³/mol. The van der Waals surface area contributed by atoms with Crippen molar-refractivity contribution in [1.82, 2.24) is 0 Å². The highest BCUT2D eigenvalue weighted by atomic mass is 16.4. The molecule has 2 heteroatoms. The smallest absolute Gasteiger partial charge is 0.327 e. The van der Waals surface area contributed by atoms with Crippen LogP contribution in [0.5, 0.6) is 0 Å². The normalized spacial score (nSPS) is 11.5. The molecule has 80 valence electrons. The first-order valence-corrected chi connectivity index (χ1v) is 5.31. The third-order valence-corrected chi connectivity index (χ3v) is 1.87. The van der Waals surface area contributed by atoms with Gasteiger partial charge in [0.1, 0.15) is 0 Å². The summed E-state index contributed by atoms with van der Waals surface area (Å²) in [6.45, 7) is 2.17. The molecule has 0 rings (SSSR count). The van der Waals surface area contributed by atoms with Crippen molar-refractivity contribution in [2.45, 2.75) is 45.4 Å². The van der Waals surface area contributed by atoms with E-state index in [0.29, 0.717) is 0 Å². The van der Waals surface area contributed by atoms with Crippen molar-refractivity contribution in [3.05, 3.63) is 24.3 Å². The van der Waals surface area contributed by atoms with Gasteiger partial charge in [-0.05, 0) is 32.1 Å². The lowest BCUT2D eigenvalue weighted by molar-refractivity contribution is -0.131. The molecule has 0 unspecified atom stereocenters. The molecule has 0 spiro atoms. The molecule has 0 radical (unpaired) electrons. The van der Waals surface area contributed by atoms with Gasteiger partial charge in [-0.15, -0.1) is 0 Å². The number of carboxylic acids is 1. The van der Waals surface area contributed by atoms with Crippen LogP contribution in [-0.2, 0) is 4.79 Å². The molecule has 0 fully saturated rings. The Hall–Kier alpha value is -1.05. The van der Waals surface area contributed by atoms with Crippen molar-refractivity contribution in [3.63, 3.8) is 0 Å². The lowest BCUT2D eigenvalue weighted by Crippen LogP contribution is -1.85. The molecule has 0 aliphatic carbocycles. The van der Waals surface area contributed by atoms with Crippen LogP contribution in [0.1, 0.15) is 45.4 Å². The number of hydrogen-bond acceptors (Lipinski definition) is 1. The summed E-state index contributed by atoms with van der Waals surface area (Å²) in [5.74, 6) is -0.854. The molecular weight excluding hydrogens is 176 g/mol. The van der Waals surface area contributed by atoms with Crippen LogP contribution in [0, 0.1) is 0 Å². The molecule has 0 saturated carbocycles. The van der Waals surface area contributed by atoms with Crippen molar-refractivity contribution >= 4 is 5.97 Å². The fourth-order valence-corrected chi connectivity index (χ4v) is 1.11. The van der Waals surface area contributed by atoms with Crippen LogP contribution >= 0.6 is 0 Å². The van der Waals surface area contributed by atoms with Gasteiger partial charge in [0.2, 0.25) is 0 Å². The van der Waals surface area contributed by atoms with Crippen molar-refractivity contribution in [2.75, 3.05) is 0 Å². The number of allylic oxidation sites excluding steroid dienone is 3. The van der Waals surface area contributed by atoms with E-state index in [1.165, 1.54) is 18.9 Å². The summed E-state index contributed by atoms with van der Waals surface area (Å²) in [6.07, 6.45) is 13.9. The highest BCUT2D eigenvalue weighted by molar-refractivity contribution is 5.79. The first-order valence-electron chi connectivity index (χ1n) is 5.31. The second kappa shape index (κ2) is 10.0. The monoisotopic (exact) mass is 196 g/mol. The number of carboxylic acid groups (broad SMARTS) is 1. The Morgan fingerprint density at radius 3 is 2.21 bits per heavy atom. The van der Waals surface area contributed by atoms with E-state index in [1.807, 2.05) is 0 Å². The largest absolute Gasteiger partial charge is 0.478 e. The maximum Gasteiger partial charge on any atom is 0.327 e. The van der Waals surface area contributed by atoms with Crippen LogP contribution in [0.2, 0.25) is 0 Å². The number of rotatable bonds is 8. The van der Waals surface area contributed by atoms with Crippen LogP contribution in [-0.4, -0.2) is 11.1 Å². The van der Waals surface area contributed by atoms with E-state index < -0.39 is 5.97 Å². The Morgan fingerprint density at radius 1 is 1.07 bits per heavy atom. The zero-order valence-corrected chi connectivity index (χ0v) is 8.91. The molecular formula is C12H20O2. The van der Waals surface area contributed by atoms with Gasteiger partial charge >= 0.3 is 5.97 Å². The molecule has 14 heavy (non-hydrogen) atoms. The average Bonchev–Trinajstić information content (AvgIpc) is 2.15. The molecule has 0 aromatic heterocycles. The Morgan fingerprint density at radius 2 is 1.64 bits per heavy atom. The molecule has 0 saturated heterocycles. The summed E-state index contributed by atoms with van der Waals surface area (Å²) < 4.78 is 0. The molecule has 0 amide bonds. The van der Waals surface area contributed by atoms with E-state index >= 15 is 0 Å². The van der Waals surface area contributed by atoms with Gasteiger partial charge in [0.15, 0.2) is 0 Å². The molecule has 0 aromatic carbocycles. The van der Waals surface area contributed by atoms with E-state index in [-0.39, 0.29) is 0 Å². The van der Waals surface area contributed by atoms with Crippen LogP contribution < -0.4 is 0 Å². The van der Waals surface area contributed by atoms with Gasteiger partial charge in [0.25, 0.3) is 0 Å². The fraction of sp³-hybridized carbons (Fsp3) is 0.583. The van der Waals surface area contributed by atoms with E-state index in [9.17, 15) is 4.79 Å². The van der Waals surface area contributed by atoms with E-state index in [0.717, 1.165) is 25.7 Å². The van der Waals surface area contributed by atoms with Gasteiger partial charge < -0.3 is 5.11 Å². The zero-order valence-electron chi connectivity index (χ0n) is 8.91. The van der Waals surface area contributed by atoms with Crippen LogP contribution in [0.4, 0.5) is 0 Å². The first kappa shape index (κ1) is 12.9. The minimum Gasteiger partial charge on any atom is -0.478 e. The van der Waals surface area contributed by atoms with E-state index in [2.05, 4.69) is 19.1 Å². The van der Waals surface area contributed by atoms with Gasteiger partial charge in [-0.25, -0.2) is 4.79 Å². The Balaban J connectivity index is 3.17. The van der Waals surface area contributed by atoms with Gasteiger partial charge in [0, 0.05) is 6.08 Å². The van der Waals surface area contributed by atoms with Gasteiger partial charge in [-0.3, -0.25) is 0 Å². The Bertz CT molecular complexity index is 192. The lowest BCUT2D eigenvalue weighted by Gasteiger charge is -1.92. The van der Waals surface area contributed by atoms with Crippen molar-refractivity contribution in [3.8, 4) is 0 Å². The molecule has 0 heterocycles. The summed E-state index contributed by atoms with van der Waals surface area (Å²) in [4.78, 5) is 10.1. The maximum absolute atomic E-state index is 10.1. The third-order valence-electron chi connectivity index (χ3n) is 1.87. The van der Waals surface area contributed by atoms with Crippen LogP contribution in [0.3, 0.4) is 0 Å². The van der Waals surface area contributed by atoms with Crippen LogP contribution in [0.25, 0.3) is 0 Å². The number of carbonyl (C=O) groups is 1. The van der Waals surface area contributed by atoms with E-state index in [4.69, 9.17) is 5.11 Å². The molecule has 0 aliphatic heterocycles. The summed E-state index contributed by atoms with van der Waals surface area (Å²) in [6, 6.07) is 0. The summed E-state index contributed by atoms with van der Waals surface area (Å²) in [5.41, 5.74) is 0. The predicted octanol–water partition coefficient (Wildman–Crippen LogP) is 3.54. The SMILES string of the molecule is CCCC=CCCCCC=CC(=O)O. The quantitative estimate of drug-likeness (QED) is 0.366. The Kier molecular flexibility index (Phi) is 9.28. The van der Waals surface area contributed by atoms with Gasteiger partial charge in [-0.1, -0.05) is 31.6 Å². The van der Waals surface area contributed by atoms with Crippen LogP contribution in [0.15, 0.2) is 24.3 Å². The summed E-state index contributed by atoms with van der Waals surface area (Å²) in [5, 5.41) is 8.32. The highest BCUT2D eigenvalue weighted by Gasteiger charge is 1.86. The molecule has 0 atom stereocenters. The third kappa shape index (κ3) is 11.0. The van der Waals surface area contributed by atoms with Crippen molar-refractivity contribution < 1.29 is 9.90 Å². The number of aliphatic carboxylic acids is 1. The summed E-state index contributed by atoms with van der Waals surface area (Å²) in [7, 11) is 0. The highest BCUT2D eigenvalue weighted by Crippen LogP contribution is 2.02. The van der Waals surface area contributed by atoms with Crippen molar-refractivity contribution in [1.29, 1.82) is 0 Å².